The first kappa shape index (κ1) is 16.9. The Morgan fingerprint density at radius 1 is 0.958 bits per heavy atom. The molecule has 1 aromatic rings. The van der Waals surface area contributed by atoms with Gasteiger partial charge in [-0.15, -0.1) is 0 Å². The number of para-hydroxylation sites is 2. The van der Waals surface area contributed by atoms with Crippen molar-refractivity contribution in [3.8, 4) is 5.75 Å². The zero-order valence-electron chi connectivity index (χ0n) is 14.8. The summed E-state index contributed by atoms with van der Waals surface area (Å²) in [6.07, 6.45) is 0. The van der Waals surface area contributed by atoms with Crippen molar-refractivity contribution in [1.29, 1.82) is 0 Å². The van der Waals surface area contributed by atoms with Gasteiger partial charge in [-0.2, -0.15) is 0 Å². The van der Waals surface area contributed by atoms with Crippen LogP contribution in [0.2, 0.25) is 0 Å². The van der Waals surface area contributed by atoms with Crippen LogP contribution in [-0.4, -0.2) is 86.7 Å². The minimum absolute atomic E-state index is 0.199. The van der Waals surface area contributed by atoms with Gasteiger partial charge in [-0.3, -0.25) is 0 Å². The van der Waals surface area contributed by atoms with E-state index < -0.39 is 0 Å². The second kappa shape index (κ2) is 7.75. The van der Waals surface area contributed by atoms with Crippen LogP contribution < -0.4 is 9.64 Å². The second-order valence-electron chi connectivity index (χ2n) is 6.35. The van der Waals surface area contributed by atoms with Crippen molar-refractivity contribution >= 4 is 11.7 Å². The number of carbonyl (C=O) groups excluding carboxylic acids is 1. The summed E-state index contributed by atoms with van der Waals surface area (Å²) in [5.41, 5.74) is 1.11. The first-order valence-corrected chi connectivity index (χ1v) is 8.87. The van der Waals surface area contributed by atoms with Gasteiger partial charge in [-0.1, -0.05) is 19.1 Å². The molecule has 0 aliphatic carbocycles. The number of hydrogen-bond acceptors (Lipinski definition) is 4. The molecule has 6 heteroatoms. The zero-order chi connectivity index (χ0) is 16.9. The van der Waals surface area contributed by atoms with Crippen molar-refractivity contribution in [2.24, 2.45) is 0 Å². The summed E-state index contributed by atoms with van der Waals surface area (Å²) in [6.45, 7) is 10.2. The lowest BCUT2D eigenvalue weighted by Gasteiger charge is -2.41. The van der Waals surface area contributed by atoms with Gasteiger partial charge >= 0.3 is 6.03 Å². The third-order valence-electron chi connectivity index (χ3n) is 5.07. The molecule has 0 N–H and O–H groups in total. The second-order valence-corrected chi connectivity index (χ2v) is 6.35. The lowest BCUT2D eigenvalue weighted by molar-refractivity contribution is 0.113. The zero-order valence-corrected chi connectivity index (χ0v) is 14.8. The number of piperazine rings is 2. The molecule has 2 aliphatic heterocycles. The summed E-state index contributed by atoms with van der Waals surface area (Å²) in [5, 5.41) is 0. The lowest BCUT2D eigenvalue weighted by atomic mass is 10.2. The summed E-state index contributed by atoms with van der Waals surface area (Å²) in [5.74, 6) is 0.896. The van der Waals surface area contributed by atoms with Crippen LogP contribution >= 0.6 is 0 Å². The number of nitrogens with zero attached hydrogens (tertiary/aromatic N) is 4. The highest BCUT2D eigenvalue weighted by Crippen LogP contribution is 2.28. The molecule has 24 heavy (non-hydrogen) atoms. The monoisotopic (exact) mass is 332 g/mol. The van der Waals surface area contributed by atoms with Gasteiger partial charge in [0.2, 0.25) is 0 Å². The largest absolute Gasteiger partial charge is 0.495 e. The molecule has 0 bridgehead atoms. The first-order chi connectivity index (χ1) is 11.7. The number of urea groups is 1. The molecule has 0 radical (unpaired) electrons. The van der Waals surface area contributed by atoms with Gasteiger partial charge in [0.05, 0.1) is 12.8 Å². The predicted molar refractivity (Wildman–Crippen MR) is 95.9 cm³/mol. The molecule has 0 aromatic heterocycles. The van der Waals surface area contributed by atoms with Crippen LogP contribution in [-0.2, 0) is 0 Å². The summed E-state index contributed by atoms with van der Waals surface area (Å²) in [6, 6.07) is 8.28. The number of rotatable bonds is 3. The third-order valence-corrected chi connectivity index (χ3v) is 5.07. The Labute approximate surface area is 144 Å². The fourth-order valence-electron chi connectivity index (χ4n) is 3.49. The molecular weight excluding hydrogens is 304 g/mol. The number of benzene rings is 1. The maximum absolute atomic E-state index is 12.7. The number of methoxy groups -OCH3 is 1. The van der Waals surface area contributed by atoms with Crippen LogP contribution in [0.3, 0.4) is 0 Å². The van der Waals surface area contributed by atoms with Gasteiger partial charge in [-0.25, -0.2) is 4.79 Å². The molecule has 2 amide bonds. The molecule has 0 saturated carbocycles. The normalized spacial score (nSPS) is 19.5. The first-order valence-electron chi connectivity index (χ1n) is 8.87. The van der Waals surface area contributed by atoms with Crippen molar-refractivity contribution in [3.63, 3.8) is 0 Å². The molecule has 2 fully saturated rings. The topological polar surface area (TPSA) is 39.3 Å². The number of hydrogen-bond donors (Lipinski definition) is 0. The van der Waals surface area contributed by atoms with E-state index in [9.17, 15) is 4.79 Å². The average Bonchev–Trinajstić information content (AvgIpc) is 2.67. The minimum atomic E-state index is 0.199. The quantitative estimate of drug-likeness (QED) is 0.842. The highest BCUT2D eigenvalue weighted by molar-refractivity contribution is 5.75. The number of anilines is 1. The number of carbonyl (C=O) groups is 1. The van der Waals surface area contributed by atoms with Crippen molar-refractivity contribution in [2.75, 3.05) is 70.9 Å². The smallest absolute Gasteiger partial charge is 0.320 e. The molecule has 132 valence electrons. The summed E-state index contributed by atoms with van der Waals surface area (Å²) in [7, 11) is 1.70. The fraction of sp³-hybridized carbons (Fsp3) is 0.611. The predicted octanol–water partition coefficient (Wildman–Crippen LogP) is 1.57. The Bertz CT molecular complexity index is 550. The Kier molecular flexibility index (Phi) is 5.45. The number of ether oxygens (including phenoxy) is 1. The van der Waals surface area contributed by atoms with Gasteiger partial charge in [-0.05, 0) is 18.7 Å². The van der Waals surface area contributed by atoms with Crippen molar-refractivity contribution in [3.05, 3.63) is 24.3 Å². The molecule has 3 rings (SSSR count). The van der Waals surface area contributed by atoms with Crippen LogP contribution in [0, 0.1) is 0 Å². The molecule has 2 aliphatic rings. The Morgan fingerprint density at radius 2 is 1.54 bits per heavy atom. The van der Waals surface area contributed by atoms with Gasteiger partial charge in [0.15, 0.2) is 0 Å². The Balaban J connectivity index is 1.54. The maximum Gasteiger partial charge on any atom is 0.320 e. The fourth-order valence-corrected chi connectivity index (χ4v) is 3.49. The molecule has 2 heterocycles. The molecule has 2 saturated heterocycles. The van der Waals surface area contributed by atoms with Crippen molar-refractivity contribution in [1.82, 2.24) is 14.7 Å². The third kappa shape index (κ3) is 3.59. The van der Waals surface area contributed by atoms with Crippen LogP contribution in [0.5, 0.6) is 5.75 Å². The van der Waals surface area contributed by atoms with Crippen LogP contribution in [0.25, 0.3) is 0 Å². The van der Waals surface area contributed by atoms with E-state index in [0.717, 1.165) is 70.3 Å². The number of amides is 2. The van der Waals surface area contributed by atoms with E-state index in [4.69, 9.17) is 4.74 Å². The van der Waals surface area contributed by atoms with Crippen molar-refractivity contribution < 1.29 is 9.53 Å². The summed E-state index contributed by atoms with van der Waals surface area (Å²) >= 11 is 0. The molecule has 1 aromatic carbocycles. The molecule has 0 spiro atoms. The highest BCUT2D eigenvalue weighted by atomic mass is 16.5. The summed E-state index contributed by atoms with van der Waals surface area (Å²) in [4.78, 5) is 21.4. The molecule has 6 nitrogen and oxygen atoms in total. The van der Waals surface area contributed by atoms with Gasteiger partial charge in [0.1, 0.15) is 5.75 Å². The van der Waals surface area contributed by atoms with Gasteiger partial charge in [0, 0.05) is 52.4 Å². The van der Waals surface area contributed by atoms with E-state index in [2.05, 4.69) is 22.8 Å². The average molecular weight is 332 g/mol. The highest BCUT2D eigenvalue weighted by Gasteiger charge is 2.28. The van der Waals surface area contributed by atoms with E-state index >= 15 is 0 Å². The summed E-state index contributed by atoms with van der Waals surface area (Å²) < 4.78 is 5.45. The van der Waals surface area contributed by atoms with Crippen LogP contribution in [0.4, 0.5) is 10.5 Å². The van der Waals surface area contributed by atoms with Gasteiger partial charge < -0.3 is 24.3 Å². The van der Waals surface area contributed by atoms with Gasteiger partial charge in [0.25, 0.3) is 0 Å². The van der Waals surface area contributed by atoms with Crippen molar-refractivity contribution in [2.45, 2.75) is 6.92 Å². The van der Waals surface area contributed by atoms with Crippen LogP contribution in [0.15, 0.2) is 24.3 Å². The van der Waals surface area contributed by atoms with E-state index in [0.29, 0.717) is 0 Å². The maximum atomic E-state index is 12.7. The molecule has 0 atom stereocenters. The molecular formula is C18H28N4O2. The van der Waals surface area contributed by atoms with E-state index in [1.165, 1.54) is 0 Å². The Hall–Kier alpha value is -1.95. The molecule has 0 unspecified atom stereocenters. The van der Waals surface area contributed by atoms with E-state index in [-0.39, 0.29) is 6.03 Å². The SMILES string of the molecule is CCN1CCN(C(=O)N2CCN(c3ccccc3OC)CC2)CC1. The van der Waals surface area contributed by atoms with E-state index in [1.54, 1.807) is 7.11 Å². The van der Waals surface area contributed by atoms with E-state index in [1.807, 2.05) is 28.0 Å². The standard InChI is InChI=1S/C18H28N4O2/c1-3-19-8-10-21(11-9-19)18(23)22-14-12-20(13-15-22)16-6-4-5-7-17(16)24-2/h4-7H,3,8-15H2,1-2H3. The Morgan fingerprint density at radius 3 is 2.12 bits per heavy atom. The minimum Gasteiger partial charge on any atom is -0.495 e. The lowest BCUT2D eigenvalue weighted by Crippen LogP contribution is -2.56. The number of likely N-dealkylation sites (N-methyl/N-ethyl adjacent to an activating group) is 1. The van der Waals surface area contributed by atoms with Crippen LogP contribution in [0.1, 0.15) is 6.92 Å².